The van der Waals surface area contributed by atoms with E-state index in [1.165, 1.54) is 11.3 Å². The Morgan fingerprint density at radius 1 is 1.03 bits per heavy atom. The highest BCUT2D eigenvalue weighted by Gasteiger charge is 2.27. The summed E-state index contributed by atoms with van der Waals surface area (Å²) in [5.41, 5.74) is 1.98. The van der Waals surface area contributed by atoms with E-state index in [-0.39, 0.29) is 30.6 Å². The van der Waals surface area contributed by atoms with Crippen LogP contribution < -0.4 is 16.0 Å². The Labute approximate surface area is 176 Å². The lowest BCUT2D eigenvalue weighted by Gasteiger charge is -2.13. The molecule has 0 spiro atoms. The Balaban J connectivity index is 1.31. The van der Waals surface area contributed by atoms with E-state index < -0.39 is 6.04 Å². The number of para-hydroxylation sites is 1. The van der Waals surface area contributed by atoms with Gasteiger partial charge in [-0.3, -0.25) is 14.4 Å². The van der Waals surface area contributed by atoms with Crippen molar-refractivity contribution in [3.05, 3.63) is 70.7 Å². The summed E-state index contributed by atoms with van der Waals surface area (Å²) >= 11 is 1.31. The number of fused-ring (bicyclic) bond motifs is 1. The highest BCUT2D eigenvalue weighted by Crippen LogP contribution is 2.21. The molecule has 0 bridgehead atoms. The van der Waals surface area contributed by atoms with Gasteiger partial charge in [0.15, 0.2) is 0 Å². The Kier molecular flexibility index (Phi) is 5.80. The van der Waals surface area contributed by atoms with Crippen molar-refractivity contribution < 1.29 is 14.4 Å². The number of nitrogens with one attached hydrogen (secondary N) is 3. The second kappa shape index (κ2) is 8.83. The molecule has 1 aromatic heterocycles. The van der Waals surface area contributed by atoms with Crippen LogP contribution in [0, 0.1) is 0 Å². The van der Waals surface area contributed by atoms with Crippen LogP contribution in [0.5, 0.6) is 0 Å². The van der Waals surface area contributed by atoms with E-state index in [0.717, 1.165) is 10.6 Å². The van der Waals surface area contributed by atoms with Crippen LogP contribution in [0.4, 0.5) is 10.8 Å². The van der Waals surface area contributed by atoms with E-state index in [2.05, 4.69) is 26.1 Å². The molecule has 0 saturated heterocycles. The maximum atomic E-state index is 12.4. The van der Waals surface area contributed by atoms with E-state index in [4.69, 9.17) is 0 Å². The molecule has 0 aliphatic carbocycles. The number of anilines is 2. The molecule has 30 heavy (non-hydrogen) atoms. The minimum absolute atomic E-state index is 0.0578. The molecule has 0 saturated carbocycles. The van der Waals surface area contributed by atoms with Gasteiger partial charge < -0.3 is 16.0 Å². The number of aromatic nitrogens is 2. The van der Waals surface area contributed by atoms with Crippen molar-refractivity contribution >= 4 is 39.9 Å². The summed E-state index contributed by atoms with van der Waals surface area (Å²) in [6.07, 6.45) is 0.874. The molecule has 4 rings (SSSR count). The first-order valence-electron chi connectivity index (χ1n) is 9.45. The number of carbonyl (C=O) groups is 3. The lowest BCUT2D eigenvalue weighted by molar-refractivity contribution is -0.118. The van der Waals surface area contributed by atoms with Gasteiger partial charge in [0.1, 0.15) is 11.0 Å². The number of rotatable bonds is 6. The Bertz CT molecular complexity index is 1080. The molecule has 9 heteroatoms. The lowest BCUT2D eigenvalue weighted by Crippen LogP contribution is -2.41. The summed E-state index contributed by atoms with van der Waals surface area (Å²) in [4.78, 5) is 37.0. The summed E-state index contributed by atoms with van der Waals surface area (Å²) < 4.78 is 0. The van der Waals surface area contributed by atoms with Crippen molar-refractivity contribution in [2.24, 2.45) is 0 Å². The Hall–Kier alpha value is -3.59. The van der Waals surface area contributed by atoms with Crippen LogP contribution in [0.25, 0.3) is 0 Å². The van der Waals surface area contributed by atoms with Gasteiger partial charge in [0.2, 0.25) is 16.9 Å². The van der Waals surface area contributed by atoms with Crippen LogP contribution in [0.2, 0.25) is 0 Å². The van der Waals surface area contributed by atoms with Gasteiger partial charge in [-0.2, -0.15) is 0 Å². The third-order valence-corrected chi connectivity index (χ3v) is 5.46. The van der Waals surface area contributed by atoms with Gasteiger partial charge in [0, 0.05) is 12.8 Å². The number of hydrogen-bond donors (Lipinski definition) is 3. The fourth-order valence-electron chi connectivity index (χ4n) is 3.12. The van der Waals surface area contributed by atoms with Crippen LogP contribution in [-0.2, 0) is 16.0 Å². The molecular formula is C21H19N5O3S. The number of benzene rings is 2. The number of hydrogen-bond acceptors (Lipinski definition) is 6. The van der Waals surface area contributed by atoms with Gasteiger partial charge >= 0.3 is 0 Å². The van der Waals surface area contributed by atoms with Gasteiger partial charge in [-0.15, -0.1) is 10.2 Å². The molecule has 1 atom stereocenters. The van der Waals surface area contributed by atoms with Crippen LogP contribution in [0.15, 0.2) is 54.6 Å². The highest BCUT2D eigenvalue weighted by molar-refractivity contribution is 7.15. The van der Waals surface area contributed by atoms with Gasteiger partial charge in [-0.05, 0) is 24.1 Å². The van der Waals surface area contributed by atoms with Gasteiger partial charge in [0.25, 0.3) is 5.91 Å². The smallest absolute Gasteiger partial charge is 0.254 e. The lowest BCUT2D eigenvalue weighted by atomic mass is 10.1. The van der Waals surface area contributed by atoms with Crippen LogP contribution in [0.3, 0.4) is 0 Å². The van der Waals surface area contributed by atoms with Crippen molar-refractivity contribution in [3.8, 4) is 0 Å². The molecule has 8 nitrogen and oxygen atoms in total. The first-order chi connectivity index (χ1) is 14.6. The number of carbonyl (C=O) groups excluding carboxylic acids is 3. The highest BCUT2D eigenvalue weighted by atomic mass is 32.1. The maximum Gasteiger partial charge on any atom is 0.254 e. The molecule has 3 aromatic rings. The normalized spacial score (nSPS) is 15.5. The third-order valence-electron chi connectivity index (χ3n) is 4.62. The molecule has 0 fully saturated rings. The minimum Gasteiger partial charge on any atom is -0.340 e. The molecule has 3 N–H and O–H groups in total. The van der Waals surface area contributed by atoms with E-state index in [9.17, 15) is 14.4 Å². The molecular weight excluding hydrogens is 402 g/mol. The average molecular weight is 421 g/mol. The average Bonchev–Trinajstić information content (AvgIpc) is 3.13. The summed E-state index contributed by atoms with van der Waals surface area (Å²) in [5, 5.41) is 17.4. The zero-order valence-electron chi connectivity index (χ0n) is 15.9. The topological polar surface area (TPSA) is 113 Å². The van der Waals surface area contributed by atoms with Crippen molar-refractivity contribution in [1.29, 1.82) is 0 Å². The van der Waals surface area contributed by atoms with Crippen molar-refractivity contribution in [1.82, 2.24) is 15.5 Å². The molecule has 3 amide bonds. The van der Waals surface area contributed by atoms with E-state index in [1.54, 1.807) is 24.3 Å². The summed E-state index contributed by atoms with van der Waals surface area (Å²) in [5.74, 6) is -0.979. The van der Waals surface area contributed by atoms with Crippen molar-refractivity contribution in [2.45, 2.75) is 25.3 Å². The molecule has 2 aromatic carbocycles. The third kappa shape index (κ3) is 4.69. The van der Waals surface area contributed by atoms with Gasteiger partial charge in [-0.25, -0.2) is 0 Å². The maximum absolute atomic E-state index is 12.4. The van der Waals surface area contributed by atoms with Crippen LogP contribution in [0.1, 0.15) is 33.8 Å². The van der Waals surface area contributed by atoms with Crippen molar-refractivity contribution in [3.63, 3.8) is 0 Å². The van der Waals surface area contributed by atoms with Gasteiger partial charge in [0.05, 0.1) is 11.3 Å². The van der Waals surface area contributed by atoms with E-state index in [1.807, 2.05) is 30.3 Å². The molecule has 152 valence electrons. The molecule has 1 unspecified atom stereocenters. The molecule has 2 heterocycles. The fraction of sp³-hybridized carbons (Fsp3) is 0.190. The standard InChI is InChI=1S/C21H19N5O3S/c27-17(24-21-26-25-18(30-21)12-13-6-2-1-3-7-13)11-10-16-20(29)22-15-9-5-4-8-14(15)19(28)23-16/h1-9,16H,10-12H2,(H,22,29)(H,23,28)(H,24,26,27). The number of nitrogens with zero attached hydrogens (tertiary/aromatic N) is 2. The largest absolute Gasteiger partial charge is 0.340 e. The first-order valence-corrected chi connectivity index (χ1v) is 10.3. The summed E-state index contributed by atoms with van der Waals surface area (Å²) in [6.45, 7) is 0. The molecule has 0 radical (unpaired) electrons. The second-order valence-electron chi connectivity index (χ2n) is 6.81. The minimum atomic E-state index is -0.793. The summed E-state index contributed by atoms with van der Waals surface area (Å²) in [7, 11) is 0. The first kappa shape index (κ1) is 19.7. The van der Waals surface area contributed by atoms with E-state index in [0.29, 0.717) is 22.8 Å². The Morgan fingerprint density at radius 2 is 1.80 bits per heavy atom. The zero-order chi connectivity index (χ0) is 20.9. The van der Waals surface area contributed by atoms with E-state index >= 15 is 0 Å². The molecule has 1 aliphatic rings. The fourth-order valence-corrected chi connectivity index (χ4v) is 3.91. The number of amides is 3. The molecule has 1 aliphatic heterocycles. The van der Waals surface area contributed by atoms with Gasteiger partial charge in [-0.1, -0.05) is 53.8 Å². The predicted octanol–water partition coefficient (Wildman–Crippen LogP) is 2.60. The van der Waals surface area contributed by atoms with Crippen molar-refractivity contribution in [2.75, 3.05) is 10.6 Å². The zero-order valence-corrected chi connectivity index (χ0v) is 16.7. The quantitative estimate of drug-likeness (QED) is 0.566. The van der Waals surface area contributed by atoms with Crippen LogP contribution in [-0.4, -0.2) is 34.0 Å². The van der Waals surface area contributed by atoms with Crippen LogP contribution >= 0.6 is 11.3 Å². The second-order valence-corrected chi connectivity index (χ2v) is 7.87. The summed E-state index contributed by atoms with van der Waals surface area (Å²) in [6, 6.07) is 15.9. The predicted molar refractivity (Wildman–Crippen MR) is 113 cm³/mol. The Morgan fingerprint density at radius 3 is 2.63 bits per heavy atom. The SMILES string of the molecule is O=C(CCC1NC(=O)c2ccccc2NC1=O)Nc1nnc(Cc2ccccc2)s1. The monoisotopic (exact) mass is 421 g/mol.